The van der Waals surface area contributed by atoms with E-state index in [1.54, 1.807) is 11.3 Å². The molecule has 28 heavy (non-hydrogen) atoms. The Balaban J connectivity index is 1.79. The first-order valence-corrected chi connectivity index (χ1v) is 10.6. The van der Waals surface area contributed by atoms with Crippen molar-refractivity contribution in [3.05, 3.63) is 35.3 Å². The van der Waals surface area contributed by atoms with Crippen LogP contribution >= 0.6 is 11.3 Å². The molecule has 3 aromatic rings. The van der Waals surface area contributed by atoms with Crippen LogP contribution in [0.2, 0.25) is 0 Å². The number of aromatic nitrogens is 4. The summed E-state index contributed by atoms with van der Waals surface area (Å²) in [6.45, 7) is 8.28. The summed E-state index contributed by atoms with van der Waals surface area (Å²) in [5.41, 5.74) is 6.50. The van der Waals surface area contributed by atoms with Crippen molar-refractivity contribution in [3.8, 4) is 21.8 Å². The Labute approximate surface area is 169 Å². The highest BCUT2D eigenvalue weighted by atomic mass is 32.1. The third-order valence-corrected chi connectivity index (χ3v) is 5.95. The topological polar surface area (TPSA) is 72.7 Å². The molecular weight excluding hydrogens is 370 g/mol. The number of nitrogens with zero attached hydrogens (tertiary/aromatic N) is 4. The number of amides is 1. The summed E-state index contributed by atoms with van der Waals surface area (Å²) >= 11 is 1.56. The van der Waals surface area contributed by atoms with Crippen LogP contribution in [0.15, 0.2) is 18.3 Å². The minimum Gasteiger partial charge on any atom is -0.302 e. The SMILES string of the molecule is CCCC(=O)Nc1nc2c(s1)-c1c(c(-c3ccc(C)nc3)nn1C(C)C)CC2. The summed E-state index contributed by atoms with van der Waals surface area (Å²) in [4.78, 5) is 22.3. The smallest absolute Gasteiger partial charge is 0.226 e. The number of carbonyl (C=O) groups is 1. The molecule has 0 spiro atoms. The first kappa shape index (κ1) is 18.8. The quantitative estimate of drug-likeness (QED) is 0.674. The number of aryl methyl sites for hydroxylation is 2. The molecule has 7 heteroatoms. The molecule has 1 amide bonds. The second-order valence-corrected chi connectivity index (χ2v) is 8.49. The molecule has 6 nitrogen and oxygen atoms in total. The van der Waals surface area contributed by atoms with Gasteiger partial charge >= 0.3 is 0 Å². The van der Waals surface area contributed by atoms with E-state index < -0.39 is 0 Å². The molecule has 146 valence electrons. The van der Waals surface area contributed by atoms with Crippen molar-refractivity contribution in [2.45, 2.75) is 59.4 Å². The van der Waals surface area contributed by atoms with Crippen LogP contribution in [0.25, 0.3) is 21.8 Å². The van der Waals surface area contributed by atoms with E-state index in [1.165, 1.54) is 5.56 Å². The molecule has 0 unspecified atom stereocenters. The number of pyridine rings is 1. The molecule has 1 aliphatic carbocycles. The fourth-order valence-corrected chi connectivity index (χ4v) is 4.66. The summed E-state index contributed by atoms with van der Waals surface area (Å²) in [6.07, 6.45) is 5.00. The summed E-state index contributed by atoms with van der Waals surface area (Å²) in [5, 5.41) is 8.60. The van der Waals surface area contributed by atoms with Gasteiger partial charge < -0.3 is 5.32 Å². The van der Waals surface area contributed by atoms with E-state index in [4.69, 9.17) is 10.1 Å². The van der Waals surface area contributed by atoms with Gasteiger partial charge in [0.15, 0.2) is 5.13 Å². The predicted molar refractivity (Wildman–Crippen MR) is 113 cm³/mol. The van der Waals surface area contributed by atoms with E-state index in [2.05, 4.69) is 34.9 Å². The first-order chi connectivity index (χ1) is 13.5. The zero-order valence-electron chi connectivity index (χ0n) is 16.7. The van der Waals surface area contributed by atoms with Crippen LogP contribution in [-0.2, 0) is 17.6 Å². The second-order valence-electron chi connectivity index (χ2n) is 7.50. The van der Waals surface area contributed by atoms with Gasteiger partial charge in [-0.15, -0.1) is 0 Å². The third kappa shape index (κ3) is 3.35. The first-order valence-electron chi connectivity index (χ1n) is 9.82. The highest BCUT2D eigenvalue weighted by molar-refractivity contribution is 7.19. The summed E-state index contributed by atoms with van der Waals surface area (Å²) in [6, 6.07) is 4.35. The summed E-state index contributed by atoms with van der Waals surface area (Å²) in [5.74, 6) is 0.0256. The number of hydrogen-bond acceptors (Lipinski definition) is 5. The number of nitrogens with one attached hydrogen (secondary N) is 1. The highest BCUT2D eigenvalue weighted by Gasteiger charge is 2.30. The lowest BCUT2D eigenvalue weighted by Crippen LogP contribution is -2.10. The normalized spacial score (nSPS) is 12.8. The van der Waals surface area contributed by atoms with Crippen LogP contribution in [0, 0.1) is 6.92 Å². The van der Waals surface area contributed by atoms with E-state index in [-0.39, 0.29) is 11.9 Å². The van der Waals surface area contributed by atoms with Gasteiger partial charge in [0.25, 0.3) is 0 Å². The van der Waals surface area contributed by atoms with Crippen LogP contribution in [0.1, 0.15) is 56.6 Å². The molecule has 1 N–H and O–H groups in total. The van der Waals surface area contributed by atoms with Gasteiger partial charge in [0.05, 0.1) is 22.0 Å². The third-order valence-electron chi connectivity index (χ3n) is 4.93. The maximum atomic E-state index is 12.0. The Bertz CT molecular complexity index is 1020. The standard InChI is InChI=1S/C21H25N5OS/c1-5-6-17(27)24-21-23-16-10-9-15-18(14-8-7-13(4)22-11-14)25-26(12(2)3)19(15)20(16)28-21/h7-8,11-12H,5-6,9-10H2,1-4H3,(H,23,24,27). The van der Waals surface area contributed by atoms with Crippen LogP contribution in [-0.4, -0.2) is 25.7 Å². The van der Waals surface area contributed by atoms with Crippen molar-refractivity contribution in [1.29, 1.82) is 0 Å². The minimum atomic E-state index is 0.0256. The average Bonchev–Trinajstić information content (AvgIpc) is 3.23. The lowest BCUT2D eigenvalue weighted by Gasteiger charge is -2.15. The van der Waals surface area contributed by atoms with E-state index in [0.29, 0.717) is 11.6 Å². The fourth-order valence-electron chi connectivity index (χ4n) is 3.57. The molecule has 3 aromatic heterocycles. The fraction of sp³-hybridized carbons (Fsp3) is 0.429. The average molecular weight is 396 g/mol. The van der Waals surface area contributed by atoms with Crippen LogP contribution < -0.4 is 5.32 Å². The Kier molecular flexibility index (Phi) is 5.02. The van der Waals surface area contributed by atoms with Crippen molar-refractivity contribution < 1.29 is 4.79 Å². The van der Waals surface area contributed by atoms with Crippen molar-refractivity contribution in [3.63, 3.8) is 0 Å². The molecule has 0 aromatic carbocycles. The molecule has 0 atom stereocenters. The molecular formula is C21H25N5OS. The molecule has 0 saturated heterocycles. The molecule has 4 rings (SSSR count). The van der Waals surface area contributed by atoms with Gasteiger partial charge in [-0.3, -0.25) is 14.5 Å². The van der Waals surface area contributed by atoms with Gasteiger partial charge in [-0.1, -0.05) is 18.3 Å². The lowest BCUT2D eigenvalue weighted by atomic mass is 9.95. The number of thiazole rings is 1. The van der Waals surface area contributed by atoms with E-state index in [0.717, 1.165) is 52.5 Å². The summed E-state index contributed by atoms with van der Waals surface area (Å²) in [7, 11) is 0. The van der Waals surface area contributed by atoms with E-state index >= 15 is 0 Å². The van der Waals surface area contributed by atoms with Gasteiger partial charge in [0, 0.05) is 35.5 Å². The highest BCUT2D eigenvalue weighted by Crippen LogP contribution is 2.44. The van der Waals surface area contributed by atoms with Crippen LogP contribution in [0.4, 0.5) is 5.13 Å². The maximum absolute atomic E-state index is 12.0. The maximum Gasteiger partial charge on any atom is 0.226 e. The van der Waals surface area contributed by atoms with Crippen LogP contribution in [0.5, 0.6) is 0 Å². The van der Waals surface area contributed by atoms with E-state index in [1.807, 2.05) is 26.1 Å². The van der Waals surface area contributed by atoms with Crippen molar-refractivity contribution in [2.75, 3.05) is 5.32 Å². The van der Waals surface area contributed by atoms with E-state index in [9.17, 15) is 4.79 Å². The number of anilines is 1. The summed E-state index contributed by atoms with van der Waals surface area (Å²) < 4.78 is 2.10. The molecule has 0 radical (unpaired) electrons. The predicted octanol–water partition coefficient (Wildman–Crippen LogP) is 4.80. The molecule has 0 fully saturated rings. The Morgan fingerprint density at radius 3 is 2.82 bits per heavy atom. The molecule has 1 aliphatic rings. The number of fused-ring (bicyclic) bond motifs is 3. The zero-order valence-corrected chi connectivity index (χ0v) is 17.6. The van der Waals surface area contributed by atoms with Gasteiger partial charge in [-0.05, 0) is 52.2 Å². The van der Waals surface area contributed by atoms with Crippen LogP contribution in [0.3, 0.4) is 0 Å². The zero-order chi connectivity index (χ0) is 19.8. The molecule has 0 bridgehead atoms. The van der Waals surface area contributed by atoms with Gasteiger partial charge in [0.1, 0.15) is 0 Å². The largest absolute Gasteiger partial charge is 0.302 e. The Morgan fingerprint density at radius 1 is 1.32 bits per heavy atom. The number of carbonyl (C=O) groups excluding carboxylic acids is 1. The van der Waals surface area contributed by atoms with Gasteiger partial charge in [-0.25, -0.2) is 4.98 Å². The second kappa shape index (κ2) is 7.47. The number of rotatable bonds is 5. The Morgan fingerprint density at radius 2 is 2.14 bits per heavy atom. The van der Waals surface area contributed by atoms with Crippen molar-refractivity contribution in [2.24, 2.45) is 0 Å². The lowest BCUT2D eigenvalue weighted by molar-refractivity contribution is -0.116. The minimum absolute atomic E-state index is 0.0256. The van der Waals surface area contributed by atoms with Gasteiger partial charge in [-0.2, -0.15) is 5.10 Å². The van der Waals surface area contributed by atoms with Crippen molar-refractivity contribution in [1.82, 2.24) is 19.7 Å². The molecule has 3 heterocycles. The molecule has 0 saturated carbocycles. The molecule has 0 aliphatic heterocycles. The Hall–Kier alpha value is -2.54. The number of hydrogen-bond donors (Lipinski definition) is 1. The van der Waals surface area contributed by atoms with Crippen molar-refractivity contribution >= 4 is 22.4 Å². The van der Waals surface area contributed by atoms with Gasteiger partial charge in [0.2, 0.25) is 5.91 Å². The monoisotopic (exact) mass is 395 g/mol.